The van der Waals surface area contributed by atoms with Crippen LogP contribution >= 0.6 is 0 Å². The molecule has 1 amide bonds. The van der Waals surface area contributed by atoms with Crippen LogP contribution in [0.2, 0.25) is 0 Å². The minimum atomic E-state index is -0.268. The molecular formula is C21H26N2O4. The Kier molecular flexibility index (Phi) is 6.93. The third-order valence-corrected chi connectivity index (χ3v) is 4.51. The molecule has 144 valence electrons. The van der Waals surface area contributed by atoms with E-state index in [1.54, 1.807) is 12.0 Å². The van der Waals surface area contributed by atoms with E-state index < -0.39 is 0 Å². The van der Waals surface area contributed by atoms with Gasteiger partial charge < -0.3 is 24.4 Å². The third-order valence-electron chi connectivity index (χ3n) is 4.51. The van der Waals surface area contributed by atoms with E-state index in [9.17, 15) is 4.79 Å². The van der Waals surface area contributed by atoms with Crippen LogP contribution < -0.4 is 14.8 Å². The Morgan fingerprint density at radius 3 is 2.63 bits per heavy atom. The van der Waals surface area contributed by atoms with Gasteiger partial charge in [0.2, 0.25) is 0 Å². The van der Waals surface area contributed by atoms with Gasteiger partial charge >= 0.3 is 6.09 Å². The molecule has 1 fully saturated rings. The summed E-state index contributed by atoms with van der Waals surface area (Å²) in [5.41, 5.74) is 0.989. The molecular weight excluding hydrogens is 344 g/mol. The van der Waals surface area contributed by atoms with Crippen molar-refractivity contribution in [2.45, 2.75) is 19.1 Å². The summed E-state index contributed by atoms with van der Waals surface area (Å²) in [6.07, 6.45) is 0.525. The zero-order chi connectivity index (χ0) is 18.9. The number of carbonyl (C=O) groups is 1. The molecule has 3 rings (SSSR count). The first-order chi connectivity index (χ1) is 13.3. The van der Waals surface area contributed by atoms with Crippen molar-refractivity contribution in [3.05, 3.63) is 60.2 Å². The smallest absolute Gasteiger partial charge is 0.410 e. The summed E-state index contributed by atoms with van der Waals surface area (Å²) in [6.45, 7) is 2.86. The molecule has 0 aromatic heterocycles. The number of ether oxygens (including phenoxy) is 3. The number of benzene rings is 2. The SMILES string of the molecule is COc1ccccc1OCC[C@@H]1CN(C(=O)OCc2ccccc2)CCN1. The zero-order valence-corrected chi connectivity index (χ0v) is 15.6. The monoisotopic (exact) mass is 370 g/mol. The lowest BCUT2D eigenvalue weighted by molar-refractivity contribution is 0.0827. The van der Waals surface area contributed by atoms with Crippen LogP contribution in [-0.4, -0.2) is 50.4 Å². The molecule has 0 spiro atoms. The molecule has 6 heteroatoms. The summed E-state index contributed by atoms with van der Waals surface area (Å²) < 4.78 is 16.6. The molecule has 0 bridgehead atoms. The lowest BCUT2D eigenvalue weighted by Gasteiger charge is -2.33. The molecule has 1 atom stereocenters. The average Bonchev–Trinajstić information content (AvgIpc) is 2.73. The van der Waals surface area contributed by atoms with E-state index in [1.807, 2.05) is 54.6 Å². The zero-order valence-electron chi connectivity index (χ0n) is 15.6. The van der Waals surface area contributed by atoms with Gasteiger partial charge in [0.25, 0.3) is 0 Å². The van der Waals surface area contributed by atoms with E-state index in [0.717, 1.165) is 30.0 Å². The third kappa shape index (κ3) is 5.62. The number of carbonyl (C=O) groups excluding carboxylic acids is 1. The molecule has 1 saturated heterocycles. The lowest BCUT2D eigenvalue weighted by atomic mass is 10.1. The topological polar surface area (TPSA) is 60.0 Å². The maximum absolute atomic E-state index is 12.3. The molecule has 0 saturated carbocycles. The highest BCUT2D eigenvalue weighted by atomic mass is 16.6. The van der Waals surface area contributed by atoms with Crippen molar-refractivity contribution >= 4 is 6.09 Å². The number of rotatable bonds is 7. The second kappa shape index (κ2) is 9.83. The number of hydrogen-bond donors (Lipinski definition) is 1. The number of nitrogens with one attached hydrogen (secondary N) is 1. The van der Waals surface area contributed by atoms with Gasteiger partial charge in [-0.25, -0.2) is 4.79 Å². The Labute approximate surface area is 160 Å². The predicted molar refractivity (Wildman–Crippen MR) is 103 cm³/mol. The fourth-order valence-electron chi connectivity index (χ4n) is 3.04. The van der Waals surface area contributed by atoms with Crippen molar-refractivity contribution < 1.29 is 19.0 Å². The maximum Gasteiger partial charge on any atom is 0.410 e. The van der Waals surface area contributed by atoms with Gasteiger partial charge in [-0.05, 0) is 24.1 Å². The number of para-hydroxylation sites is 2. The van der Waals surface area contributed by atoms with Gasteiger partial charge in [0.15, 0.2) is 11.5 Å². The maximum atomic E-state index is 12.3. The van der Waals surface area contributed by atoms with E-state index >= 15 is 0 Å². The number of methoxy groups -OCH3 is 1. The van der Waals surface area contributed by atoms with Gasteiger partial charge in [-0.3, -0.25) is 0 Å². The van der Waals surface area contributed by atoms with Gasteiger partial charge in [-0.2, -0.15) is 0 Å². The molecule has 2 aromatic carbocycles. The summed E-state index contributed by atoms with van der Waals surface area (Å²) in [6, 6.07) is 17.5. The molecule has 2 aromatic rings. The first-order valence-corrected chi connectivity index (χ1v) is 9.21. The Balaban J connectivity index is 1.42. The minimum absolute atomic E-state index is 0.178. The summed E-state index contributed by atoms with van der Waals surface area (Å²) >= 11 is 0. The summed E-state index contributed by atoms with van der Waals surface area (Å²) in [7, 11) is 1.63. The number of hydrogen-bond acceptors (Lipinski definition) is 5. The van der Waals surface area contributed by atoms with Crippen LogP contribution in [0.3, 0.4) is 0 Å². The molecule has 1 N–H and O–H groups in total. The molecule has 27 heavy (non-hydrogen) atoms. The first kappa shape index (κ1) is 19.0. The van der Waals surface area contributed by atoms with Crippen molar-refractivity contribution in [3.8, 4) is 11.5 Å². The van der Waals surface area contributed by atoms with E-state index in [2.05, 4.69) is 5.32 Å². The number of piperazine rings is 1. The highest BCUT2D eigenvalue weighted by Crippen LogP contribution is 2.25. The van der Waals surface area contributed by atoms with E-state index in [4.69, 9.17) is 14.2 Å². The quantitative estimate of drug-likeness (QED) is 0.812. The number of nitrogens with zero attached hydrogens (tertiary/aromatic N) is 1. The first-order valence-electron chi connectivity index (χ1n) is 9.21. The fraction of sp³-hybridized carbons (Fsp3) is 0.381. The summed E-state index contributed by atoms with van der Waals surface area (Å²) in [4.78, 5) is 14.1. The molecule has 6 nitrogen and oxygen atoms in total. The van der Waals surface area contributed by atoms with Crippen molar-refractivity contribution in [2.24, 2.45) is 0 Å². The van der Waals surface area contributed by atoms with Gasteiger partial charge in [0.05, 0.1) is 13.7 Å². The Bertz CT molecular complexity index is 723. The largest absolute Gasteiger partial charge is 0.493 e. The normalized spacial score (nSPS) is 16.6. The van der Waals surface area contributed by atoms with Crippen LogP contribution in [0.15, 0.2) is 54.6 Å². The van der Waals surface area contributed by atoms with E-state index in [0.29, 0.717) is 26.3 Å². The van der Waals surface area contributed by atoms with Crippen molar-refractivity contribution in [1.82, 2.24) is 10.2 Å². The Morgan fingerprint density at radius 1 is 1.11 bits per heavy atom. The fourth-order valence-corrected chi connectivity index (χ4v) is 3.04. The van der Waals surface area contributed by atoms with E-state index in [1.165, 1.54) is 0 Å². The summed E-state index contributed by atoms with van der Waals surface area (Å²) in [5, 5.41) is 3.43. The van der Waals surface area contributed by atoms with Gasteiger partial charge in [0.1, 0.15) is 6.61 Å². The lowest BCUT2D eigenvalue weighted by Crippen LogP contribution is -2.53. The minimum Gasteiger partial charge on any atom is -0.493 e. The highest BCUT2D eigenvalue weighted by Gasteiger charge is 2.24. The molecule has 0 unspecified atom stereocenters. The highest BCUT2D eigenvalue weighted by molar-refractivity contribution is 5.67. The molecule has 0 radical (unpaired) electrons. The van der Waals surface area contributed by atoms with Crippen molar-refractivity contribution in [1.29, 1.82) is 0 Å². The van der Waals surface area contributed by atoms with Gasteiger partial charge in [0, 0.05) is 25.7 Å². The standard InChI is InChI=1S/C21H26N2O4/c1-25-19-9-5-6-10-20(19)26-14-11-18-15-23(13-12-22-18)21(24)27-16-17-7-3-2-4-8-17/h2-10,18,22H,11-16H2,1H3/t18-/m1/s1. The van der Waals surface area contributed by atoms with E-state index in [-0.39, 0.29) is 12.1 Å². The van der Waals surface area contributed by atoms with Crippen LogP contribution in [0.1, 0.15) is 12.0 Å². The predicted octanol–water partition coefficient (Wildman–Crippen LogP) is 3.07. The van der Waals surface area contributed by atoms with Crippen LogP contribution in [0.4, 0.5) is 4.79 Å². The van der Waals surface area contributed by atoms with Gasteiger partial charge in [-0.1, -0.05) is 42.5 Å². The van der Waals surface area contributed by atoms with Crippen LogP contribution in [0, 0.1) is 0 Å². The second-order valence-electron chi connectivity index (χ2n) is 6.43. The van der Waals surface area contributed by atoms with Crippen molar-refractivity contribution in [2.75, 3.05) is 33.4 Å². The summed E-state index contributed by atoms with van der Waals surface area (Å²) in [5.74, 6) is 1.45. The Morgan fingerprint density at radius 2 is 1.85 bits per heavy atom. The van der Waals surface area contributed by atoms with Gasteiger partial charge in [-0.15, -0.1) is 0 Å². The molecule has 1 heterocycles. The van der Waals surface area contributed by atoms with Crippen molar-refractivity contribution in [3.63, 3.8) is 0 Å². The second-order valence-corrected chi connectivity index (χ2v) is 6.43. The number of amides is 1. The molecule has 1 aliphatic heterocycles. The van der Waals surface area contributed by atoms with Crippen LogP contribution in [0.25, 0.3) is 0 Å². The molecule has 1 aliphatic rings. The Hall–Kier alpha value is -2.73. The van der Waals surface area contributed by atoms with Crippen LogP contribution in [-0.2, 0) is 11.3 Å². The van der Waals surface area contributed by atoms with Crippen LogP contribution in [0.5, 0.6) is 11.5 Å². The molecule has 0 aliphatic carbocycles. The average molecular weight is 370 g/mol.